The number of hydrogen-bond donors (Lipinski definition) is 1. The zero-order valence-electron chi connectivity index (χ0n) is 21.0. The number of rotatable bonds is 4. The Hall–Kier alpha value is -3.03. The van der Waals surface area contributed by atoms with E-state index in [0.29, 0.717) is 36.2 Å². The van der Waals surface area contributed by atoms with Crippen LogP contribution in [0.5, 0.6) is 0 Å². The topological polar surface area (TPSA) is 53.4 Å². The summed E-state index contributed by atoms with van der Waals surface area (Å²) >= 11 is 12.7. The maximum absolute atomic E-state index is 14.4. The summed E-state index contributed by atoms with van der Waals surface area (Å²) in [5.41, 5.74) is 3.60. The van der Waals surface area contributed by atoms with E-state index in [9.17, 15) is 9.18 Å². The molecule has 1 N–H and O–H groups in total. The van der Waals surface area contributed by atoms with Crippen molar-refractivity contribution in [3.05, 3.63) is 87.4 Å². The van der Waals surface area contributed by atoms with Crippen LogP contribution < -0.4 is 10.2 Å². The standard InChI is InChI=1S/C29H30Cl2FN5O/c30-23-11-6-20(18-24(23)31)28-26(27(19-4-2-1-3-5-19)34-25-12-13-33-37(25)28)29(38)36-16-14-35(15-17-36)22-9-7-21(32)8-10-22/h6-13,18-19,28,34H,1-5,14-17H2. The number of anilines is 2. The van der Waals surface area contributed by atoms with Crippen LogP contribution in [0.1, 0.15) is 43.7 Å². The van der Waals surface area contributed by atoms with Crippen LogP contribution in [0.2, 0.25) is 10.0 Å². The number of fused-ring (bicyclic) bond motifs is 1. The highest BCUT2D eigenvalue weighted by atomic mass is 35.5. The van der Waals surface area contributed by atoms with Gasteiger partial charge < -0.3 is 15.1 Å². The van der Waals surface area contributed by atoms with E-state index in [1.54, 1.807) is 24.4 Å². The molecule has 1 aliphatic carbocycles. The first-order valence-electron chi connectivity index (χ1n) is 13.3. The number of nitrogens with one attached hydrogen (secondary N) is 1. The third kappa shape index (κ3) is 4.78. The molecule has 3 aliphatic rings. The minimum Gasteiger partial charge on any atom is -0.368 e. The van der Waals surface area contributed by atoms with Gasteiger partial charge in [-0.3, -0.25) is 4.79 Å². The van der Waals surface area contributed by atoms with E-state index in [1.807, 2.05) is 27.8 Å². The number of benzene rings is 2. The highest BCUT2D eigenvalue weighted by Crippen LogP contribution is 2.43. The summed E-state index contributed by atoms with van der Waals surface area (Å²) in [5.74, 6) is 0.936. The lowest BCUT2D eigenvalue weighted by Crippen LogP contribution is -2.50. The maximum atomic E-state index is 14.4. The fourth-order valence-corrected chi connectivity index (χ4v) is 6.33. The van der Waals surface area contributed by atoms with Crippen LogP contribution in [0, 0.1) is 11.7 Å². The van der Waals surface area contributed by atoms with E-state index in [-0.39, 0.29) is 17.6 Å². The second kappa shape index (κ2) is 10.6. The lowest BCUT2D eigenvalue weighted by atomic mass is 9.81. The van der Waals surface area contributed by atoms with Gasteiger partial charge in [-0.2, -0.15) is 5.10 Å². The smallest absolute Gasteiger partial charge is 0.254 e. The molecule has 0 spiro atoms. The molecule has 2 fully saturated rings. The molecule has 1 aromatic heterocycles. The summed E-state index contributed by atoms with van der Waals surface area (Å²) < 4.78 is 15.3. The minimum absolute atomic E-state index is 0.0223. The molecule has 1 amide bonds. The molecule has 1 saturated heterocycles. The molecule has 6 rings (SSSR count). The third-order valence-electron chi connectivity index (χ3n) is 8.00. The maximum Gasteiger partial charge on any atom is 0.254 e. The number of aromatic nitrogens is 2. The molecule has 2 aliphatic heterocycles. The Morgan fingerprint density at radius 3 is 2.37 bits per heavy atom. The van der Waals surface area contributed by atoms with Gasteiger partial charge >= 0.3 is 0 Å². The van der Waals surface area contributed by atoms with Crippen LogP contribution in [0.4, 0.5) is 15.9 Å². The van der Waals surface area contributed by atoms with E-state index in [1.165, 1.54) is 18.6 Å². The molecule has 198 valence electrons. The summed E-state index contributed by atoms with van der Waals surface area (Å²) in [7, 11) is 0. The van der Waals surface area contributed by atoms with Crippen LogP contribution in [0.3, 0.4) is 0 Å². The highest BCUT2D eigenvalue weighted by molar-refractivity contribution is 6.42. The van der Waals surface area contributed by atoms with Gasteiger partial charge in [0.2, 0.25) is 0 Å². The van der Waals surface area contributed by atoms with E-state index in [4.69, 9.17) is 23.2 Å². The number of piperazine rings is 1. The molecule has 38 heavy (non-hydrogen) atoms. The Bertz CT molecular complexity index is 1360. The number of amides is 1. The van der Waals surface area contributed by atoms with Gasteiger partial charge in [0.1, 0.15) is 17.7 Å². The van der Waals surface area contributed by atoms with Gasteiger partial charge in [0.05, 0.1) is 21.8 Å². The number of hydrogen-bond acceptors (Lipinski definition) is 4. The van der Waals surface area contributed by atoms with Crippen LogP contribution in [0.15, 0.2) is 66.0 Å². The van der Waals surface area contributed by atoms with E-state index < -0.39 is 6.04 Å². The molecule has 1 atom stereocenters. The molecule has 1 saturated carbocycles. The fraction of sp³-hybridized carbons (Fsp3) is 0.379. The third-order valence-corrected chi connectivity index (χ3v) is 8.74. The summed E-state index contributed by atoms with van der Waals surface area (Å²) in [6.45, 7) is 2.53. The first-order chi connectivity index (χ1) is 18.5. The molecule has 1 unspecified atom stereocenters. The summed E-state index contributed by atoms with van der Waals surface area (Å²) in [4.78, 5) is 18.6. The Morgan fingerprint density at radius 2 is 1.66 bits per heavy atom. The Balaban J connectivity index is 1.36. The van der Waals surface area contributed by atoms with Crippen molar-refractivity contribution in [1.29, 1.82) is 0 Å². The van der Waals surface area contributed by atoms with Crippen molar-refractivity contribution in [3.8, 4) is 0 Å². The molecule has 0 radical (unpaired) electrons. The number of allylic oxidation sites excluding steroid dienone is 1. The normalized spacial score (nSPS) is 20.3. The lowest BCUT2D eigenvalue weighted by molar-refractivity contribution is -0.128. The van der Waals surface area contributed by atoms with Crippen LogP contribution in [0.25, 0.3) is 0 Å². The molecule has 3 heterocycles. The van der Waals surface area contributed by atoms with Crippen molar-refractivity contribution in [2.75, 3.05) is 36.4 Å². The van der Waals surface area contributed by atoms with Crippen molar-refractivity contribution in [2.45, 2.75) is 38.1 Å². The van der Waals surface area contributed by atoms with Gasteiger partial charge in [0.25, 0.3) is 5.91 Å². The average molecular weight is 554 g/mol. The average Bonchev–Trinajstić information content (AvgIpc) is 3.43. The zero-order valence-corrected chi connectivity index (χ0v) is 22.6. The molecule has 2 aromatic carbocycles. The van der Waals surface area contributed by atoms with E-state index in [0.717, 1.165) is 54.0 Å². The van der Waals surface area contributed by atoms with Crippen LogP contribution in [-0.2, 0) is 4.79 Å². The van der Waals surface area contributed by atoms with Gasteiger partial charge in [-0.25, -0.2) is 9.07 Å². The summed E-state index contributed by atoms with van der Waals surface area (Å²) in [6, 6.07) is 13.7. The van der Waals surface area contributed by atoms with E-state index in [2.05, 4.69) is 15.3 Å². The van der Waals surface area contributed by atoms with Gasteiger partial charge in [-0.05, 0) is 60.7 Å². The quantitative estimate of drug-likeness (QED) is 0.399. The Labute approximate surface area is 232 Å². The molecular formula is C29H30Cl2FN5O. The zero-order chi connectivity index (χ0) is 26.2. The van der Waals surface area contributed by atoms with Gasteiger partial charge in [-0.15, -0.1) is 0 Å². The molecular weight excluding hydrogens is 524 g/mol. The Kier molecular flexibility index (Phi) is 7.06. The van der Waals surface area contributed by atoms with Gasteiger partial charge in [0, 0.05) is 43.6 Å². The minimum atomic E-state index is -0.407. The van der Waals surface area contributed by atoms with Crippen LogP contribution >= 0.6 is 23.2 Å². The van der Waals surface area contributed by atoms with Crippen molar-refractivity contribution in [1.82, 2.24) is 14.7 Å². The lowest BCUT2D eigenvalue weighted by Gasteiger charge is -2.40. The van der Waals surface area contributed by atoms with Gasteiger partial charge in [-0.1, -0.05) is 48.5 Å². The second-order valence-corrected chi connectivity index (χ2v) is 11.1. The number of nitrogens with zero attached hydrogens (tertiary/aromatic N) is 4. The predicted molar refractivity (Wildman–Crippen MR) is 149 cm³/mol. The first kappa shape index (κ1) is 25.3. The first-order valence-corrected chi connectivity index (χ1v) is 14.0. The fourth-order valence-electron chi connectivity index (χ4n) is 6.02. The molecule has 6 nitrogen and oxygen atoms in total. The number of carbonyl (C=O) groups excluding carboxylic acids is 1. The molecule has 3 aromatic rings. The highest BCUT2D eigenvalue weighted by Gasteiger charge is 2.39. The summed E-state index contributed by atoms with van der Waals surface area (Å²) in [6.07, 6.45) is 7.42. The largest absolute Gasteiger partial charge is 0.368 e. The predicted octanol–water partition coefficient (Wildman–Crippen LogP) is 6.53. The SMILES string of the molecule is O=C(C1=C(C2CCCCC2)Nc2ccnn2C1c1ccc(Cl)c(Cl)c1)N1CCN(c2ccc(F)cc2)CC1. The molecule has 0 bridgehead atoms. The van der Waals surface area contributed by atoms with Crippen molar-refractivity contribution < 1.29 is 9.18 Å². The van der Waals surface area contributed by atoms with E-state index >= 15 is 0 Å². The monoisotopic (exact) mass is 553 g/mol. The van der Waals surface area contributed by atoms with Crippen molar-refractivity contribution in [3.63, 3.8) is 0 Å². The Morgan fingerprint density at radius 1 is 0.921 bits per heavy atom. The van der Waals surface area contributed by atoms with Crippen molar-refractivity contribution in [2.24, 2.45) is 5.92 Å². The summed E-state index contributed by atoms with van der Waals surface area (Å²) in [5, 5.41) is 9.16. The van der Waals surface area contributed by atoms with Crippen molar-refractivity contribution >= 4 is 40.6 Å². The molecule has 9 heteroatoms. The number of halogens is 3. The second-order valence-electron chi connectivity index (χ2n) is 10.3. The number of carbonyl (C=O) groups is 1. The van der Waals surface area contributed by atoms with Crippen LogP contribution in [-0.4, -0.2) is 46.8 Å². The van der Waals surface area contributed by atoms with Gasteiger partial charge in [0.15, 0.2) is 0 Å².